The van der Waals surface area contributed by atoms with Gasteiger partial charge in [0.25, 0.3) is 0 Å². The van der Waals surface area contributed by atoms with Gasteiger partial charge >= 0.3 is 0 Å². The van der Waals surface area contributed by atoms with E-state index < -0.39 is 0 Å². The van der Waals surface area contributed by atoms with E-state index in [4.69, 9.17) is 5.26 Å². The van der Waals surface area contributed by atoms with Gasteiger partial charge in [-0.05, 0) is 18.6 Å². The summed E-state index contributed by atoms with van der Waals surface area (Å²) < 4.78 is 0. The molecule has 0 atom stereocenters. The van der Waals surface area contributed by atoms with Crippen LogP contribution in [0.1, 0.15) is 12.1 Å². The predicted octanol–water partition coefficient (Wildman–Crippen LogP) is 1.72. The van der Waals surface area contributed by atoms with Gasteiger partial charge in [-0.15, -0.1) is 0 Å². The Morgan fingerprint density at radius 1 is 1.36 bits per heavy atom. The van der Waals surface area contributed by atoms with Crippen LogP contribution in [0.2, 0.25) is 0 Å². The average Bonchev–Trinajstić information content (AvgIpc) is 2.30. The molecule has 3 nitrogen and oxygen atoms in total. The van der Waals surface area contributed by atoms with Crippen LogP contribution in [0.3, 0.4) is 0 Å². The van der Waals surface area contributed by atoms with E-state index in [-0.39, 0.29) is 0 Å². The lowest BCUT2D eigenvalue weighted by Gasteiger charge is -2.24. The maximum absolute atomic E-state index is 8.60. The van der Waals surface area contributed by atoms with Crippen molar-refractivity contribution in [2.45, 2.75) is 6.42 Å². The maximum atomic E-state index is 8.60. The molecule has 14 heavy (non-hydrogen) atoms. The standard InChI is InChI=1S/C11H11N3/c12-8-10-4-5-11(9-13-10)14-6-2-1-3-7-14/h1-2,4-5,9H,3,6-7H2. The Kier molecular flexibility index (Phi) is 2.46. The van der Waals surface area contributed by atoms with Gasteiger partial charge in [-0.1, -0.05) is 12.2 Å². The fourth-order valence-corrected chi connectivity index (χ4v) is 1.52. The molecule has 1 aliphatic rings. The normalized spacial score (nSPS) is 15.2. The molecule has 0 N–H and O–H groups in total. The van der Waals surface area contributed by atoms with E-state index in [1.807, 2.05) is 12.1 Å². The molecule has 0 amide bonds. The Hall–Kier alpha value is -1.82. The van der Waals surface area contributed by atoms with Gasteiger partial charge in [-0.3, -0.25) is 0 Å². The minimum Gasteiger partial charge on any atom is -0.366 e. The molecule has 0 aromatic carbocycles. The van der Waals surface area contributed by atoms with Gasteiger partial charge in [0.05, 0.1) is 11.9 Å². The van der Waals surface area contributed by atoms with E-state index in [2.05, 4.69) is 22.0 Å². The lowest BCUT2D eigenvalue weighted by atomic mass is 10.2. The number of nitrogens with zero attached hydrogens (tertiary/aromatic N) is 3. The fraction of sp³-hybridized carbons (Fsp3) is 0.273. The Bertz CT molecular complexity index is 373. The maximum Gasteiger partial charge on any atom is 0.140 e. The highest BCUT2D eigenvalue weighted by atomic mass is 15.1. The minimum absolute atomic E-state index is 0.473. The van der Waals surface area contributed by atoms with E-state index in [0.29, 0.717) is 5.69 Å². The smallest absolute Gasteiger partial charge is 0.140 e. The van der Waals surface area contributed by atoms with Crippen molar-refractivity contribution in [1.29, 1.82) is 5.26 Å². The molecule has 0 aliphatic carbocycles. The highest BCUT2D eigenvalue weighted by Crippen LogP contribution is 2.15. The number of aromatic nitrogens is 1. The molecule has 0 fully saturated rings. The molecule has 1 aromatic heterocycles. The first-order valence-corrected chi connectivity index (χ1v) is 4.66. The van der Waals surface area contributed by atoms with Gasteiger partial charge in [0.2, 0.25) is 0 Å². The Morgan fingerprint density at radius 3 is 2.86 bits per heavy atom. The second-order valence-corrected chi connectivity index (χ2v) is 3.22. The second-order valence-electron chi connectivity index (χ2n) is 3.22. The first-order chi connectivity index (χ1) is 6.90. The number of pyridine rings is 1. The van der Waals surface area contributed by atoms with Gasteiger partial charge < -0.3 is 4.90 Å². The third kappa shape index (κ3) is 1.74. The molecule has 0 radical (unpaired) electrons. The zero-order valence-corrected chi connectivity index (χ0v) is 7.85. The summed E-state index contributed by atoms with van der Waals surface area (Å²) in [4.78, 5) is 6.29. The average molecular weight is 185 g/mol. The third-order valence-electron chi connectivity index (χ3n) is 2.29. The van der Waals surface area contributed by atoms with Crippen molar-refractivity contribution >= 4 is 5.69 Å². The van der Waals surface area contributed by atoms with Crippen LogP contribution in [-0.4, -0.2) is 18.1 Å². The number of anilines is 1. The van der Waals surface area contributed by atoms with Crippen LogP contribution in [0.4, 0.5) is 5.69 Å². The number of hydrogen-bond acceptors (Lipinski definition) is 3. The van der Waals surface area contributed by atoms with E-state index in [0.717, 1.165) is 25.2 Å². The second kappa shape index (κ2) is 3.93. The molecule has 0 saturated carbocycles. The summed E-state index contributed by atoms with van der Waals surface area (Å²) in [6, 6.07) is 5.72. The molecule has 70 valence electrons. The molecule has 2 rings (SSSR count). The number of hydrogen-bond donors (Lipinski definition) is 0. The van der Waals surface area contributed by atoms with E-state index in [9.17, 15) is 0 Å². The van der Waals surface area contributed by atoms with Gasteiger partial charge in [0.1, 0.15) is 11.8 Å². The summed E-state index contributed by atoms with van der Waals surface area (Å²) in [6.07, 6.45) is 7.19. The van der Waals surface area contributed by atoms with Crippen molar-refractivity contribution in [3.63, 3.8) is 0 Å². The van der Waals surface area contributed by atoms with Crippen LogP contribution < -0.4 is 4.90 Å². The zero-order chi connectivity index (χ0) is 9.80. The van der Waals surface area contributed by atoms with Gasteiger partial charge in [-0.2, -0.15) is 5.26 Å². The molecular formula is C11H11N3. The van der Waals surface area contributed by atoms with Gasteiger partial charge in [0.15, 0.2) is 0 Å². The predicted molar refractivity (Wildman–Crippen MR) is 54.9 cm³/mol. The first-order valence-electron chi connectivity index (χ1n) is 4.66. The van der Waals surface area contributed by atoms with E-state index in [1.54, 1.807) is 12.3 Å². The van der Waals surface area contributed by atoms with Crippen LogP contribution in [0.5, 0.6) is 0 Å². The summed E-state index contributed by atoms with van der Waals surface area (Å²) in [5, 5.41) is 8.60. The van der Waals surface area contributed by atoms with Crippen LogP contribution in [-0.2, 0) is 0 Å². The van der Waals surface area contributed by atoms with Crippen molar-refractivity contribution in [2.75, 3.05) is 18.0 Å². The van der Waals surface area contributed by atoms with Crippen LogP contribution in [0.25, 0.3) is 0 Å². The van der Waals surface area contributed by atoms with Crippen molar-refractivity contribution in [1.82, 2.24) is 4.98 Å². The van der Waals surface area contributed by atoms with Crippen LogP contribution >= 0.6 is 0 Å². The Balaban J connectivity index is 2.17. The van der Waals surface area contributed by atoms with Crippen molar-refractivity contribution in [3.05, 3.63) is 36.2 Å². The number of rotatable bonds is 1. The summed E-state index contributed by atoms with van der Waals surface area (Å²) in [5.41, 5.74) is 1.56. The molecule has 1 aromatic rings. The highest BCUT2D eigenvalue weighted by Gasteiger charge is 2.06. The first kappa shape index (κ1) is 8.76. The summed E-state index contributed by atoms with van der Waals surface area (Å²) in [7, 11) is 0. The monoisotopic (exact) mass is 185 g/mol. The van der Waals surface area contributed by atoms with Crippen LogP contribution in [0.15, 0.2) is 30.5 Å². The summed E-state index contributed by atoms with van der Waals surface area (Å²) >= 11 is 0. The Labute approximate surface area is 83.3 Å². The van der Waals surface area contributed by atoms with Gasteiger partial charge in [-0.25, -0.2) is 4.98 Å². The summed E-state index contributed by atoms with van der Waals surface area (Å²) in [5.74, 6) is 0. The molecule has 0 spiro atoms. The zero-order valence-electron chi connectivity index (χ0n) is 7.85. The molecule has 0 bridgehead atoms. The highest BCUT2D eigenvalue weighted by molar-refractivity contribution is 5.47. The van der Waals surface area contributed by atoms with E-state index >= 15 is 0 Å². The molecule has 0 saturated heterocycles. The number of nitriles is 1. The van der Waals surface area contributed by atoms with Crippen LogP contribution in [0, 0.1) is 11.3 Å². The largest absolute Gasteiger partial charge is 0.366 e. The van der Waals surface area contributed by atoms with Crippen molar-refractivity contribution in [2.24, 2.45) is 0 Å². The van der Waals surface area contributed by atoms with E-state index in [1.165, 1.54) is 0 Å². The van der Waals surface area contributed by atoms with Crippen molar-refractivity contribution < 1.29 is 0 Å². The van der Waals surface area contributed by atoms with Crippen molar-refractivity contribution in [3.8, 4) is 6.07 Å². The topological polar surface area (TPSA) is 39.9 Å². The molecule has 2 heterocycles. The quantitative estimate of drug-likeness (QED) is 0.625. The Morgan fingerprint density at radius 2 is 2.29 bits per heavy atom. The minimum atomic E-state index is 0.473. The molecule has 1 aliphatic heterocycles. The van der Waals surface area contributed by atoms with Gasteiger partial charge in [0, 0.05) is 13.1 Å². The third-order valence-corrected chi connectivity index (χ3v) is 2.29. The molecule has 3 heteroatoms. The fourth-order valence-electron chi connectivity index (χ4n) is 1.52. The molecular weight excluding hydrogens is 174 g/mol. The molecule has 0 unspecified atom stereocenters. The SMILES string of the molecule is N#Cc1ccc(N2CC=CCC2)cn1. The lowest BCUT2D eigenvalue weighted by molar-refractivity contribution is 0.818. The lowest BCUT2D eigenvalue weighted by Crippen LogP contribution is -2.26. The summed E-state index contributed by atoms with van der Waals surface area (Å²) in [6.45, 7) is 1.97.